The van der Waals surface area contributed by atoms with Gasteiger partial charge in [-0.3, -0.25) is 18.7 Å². The number of hydrogen-bond acceptors (Lipinski definition) is 5. The molecule has 4 rings (SSSR count). The van der Waals surface area contributed by atoms with E-state index in [0.717, 1.165) is 43.1 Å². The Hall–Kier alpha value is -3.11. The highest BCUT2D eigenvalue weighted by Crippen LogP contribution is 2.38. The van der Waals surface area contributed by atoms with Crippen LogP contribution < -0.4 is 14.9 Å². The molecule has 0 aromatic heterocycles. The number of para-hydroxylation sites is 2. The van der Waals surface area contributed by atoms with E-state index in [1.807, 2.05) is 11.8 Å². The average Bonchev–Trinajstić information content (AvgIpc) is 2.91. The van der Waals surface area contributed by atoms with Crippen molar-refractivity contribution in [2.45, 2.75) is 70.2 Å². The fourth-order valence-corrected chi connectivity index (χ4v) is 7.52. The first-order chi connectivity index (χ1) is 19.0. The Morgan fingerprint density at radius 2 is 1.80 bits per heavy atom. The minimum atomic E-state index is -4.23. The molecule has 1 fully saturated rings. The van der Waals surface area contributed by atoms with Crippen LogP contribution in [0, 0.1) is 19.8 Å². The summed E-state index contributed by atoms with van der Waals surface area (Å²) in [6.45, 7) is 7.25. The molecule has 0 saturated carbocycles. The Balaban J connectivity index is 1.46. The number of nitrogens with zero attached hydrogens (tertiary/aromatic N) is 2. The van der Waals surface area contributed by atoms with Crippen molar-refractivity contribution >= 4 is 50.7 Å². The third-order valence-electron chi connectivity index (χ3n) is 7.66. The molecular formula is C29H37ClN4O5S. The molecule has 1 atom stereocenters. The van der Waals surface area contributed by atoms with Crippen LogP contribution in [-0.2, 0) is 24.4 Å². The highest BCUT2D eigenvalue weighted by molar-refractivity contribution is 7.93. The van der Waals surface area contributed by atoms with Gasteiger partial charge in [-0.1, -0.05) is 30.7 Å². The molecule has 3 amide bonds. The SMILES string of the molecule is CCCC(=O)N1CCC(CCNC(=O)C[C@@H]2C(=O)Nc3ccccc3N2S(=O)(=O)c2cc(C)c(Cl)cc2C)CC1. The minimum Gasteiger partial charge on any atom is -0.356 e. The zero-order chi connectivity index (χ0) is 29.0. The summed E-state index contributed by atoms with van der Waals surface area (Å²) in [4.78, 5) is 40.3. The highest BCUT2D eigenvalue weighted by atomic mass is 35.5. The molecule has 2 aromatic rings. The van der Waals surface area contributed by atoms with Gasteiger partial charge in [-0.25, -0.2) is 8.42 Å². The van der Waals surface area contributed by atoms with Crippen LogP contribution in [0.15, 0.2) is 41.3 Å². The molecule has 11 heteroatoms. The summed E-state index contributed by atoms with van der Waals surface area (Å²) in [6.07, 6.45) is 3.62. The van der Waals surface area contributed by atoms with E-state index in [1.54, 1.807) is 44.2 Å². The van der Waals surface area contributed by atoms with Gasteiger partial charge in [0.2, 0.25) is 17.7 Å². The highest BCUT2D eigenvalue weighted by Gasteiger charge is 2.42. The van der Waals surface area contributed by atoms with Gasteiger partial charge in [0, 0.05) is 31.1 Å². The van der Waals surface area contributed by atoms with Crippen molar-refractivity contribution in [3.63, 3.8) is 0 Å². The van der Waals surface area contributed by atoms with Crippen molar-refractivity contribution in [3.8, 4) is 0 Å². The quantitative estimate of drug-likeness (QED) is 0.450. The van der Waals surface area contributed by atoms with E-state index in [9.17, 15) is 22.8 Å². The maximum atomic E-state index is 14.1. The second-order valence-corrected chi connectivity index (χ2v) is 12.8. The predicted molar refractivity (Wildman–Crippen MR) is 156 cm³/mol. The molecule has 0 unspecified atom stereocenters. The van der Waals surface area contributed by atoms with Crippen LogP contribution in [0.5, 0.6) is 0 Å². The van der Waals surface area contributed by atoms with E-state index in [1.165, 1.54) is 6.07 Å². The molecule has 2 heterocycles. The van der Waals surface area contributed by atoms with E-state index in [2.05, 4.69) is 10.6 Å². The maximum Gasteiger partial charge on any atom is 0.265 e. The van der Waals surface area contributed by atoms with Crippen molar-refractivity contribution in [2.75, 3.05) is 29.3 Å². The summed E-state index contributed by atoms with van der Waals surface area (Å²) >= 11 is 6.22. The zero-order valence-electron chi connectivity index (χ0n) is 23.2. The van der Waals surface area contributed by atoms with Crippen LogP contribution in [0.25, 0.3) is 0 Å². The van der Waals surface area contributed by atoms with Crippen molar-refractivity contribution in [1.29, 1.82) is 0 Å². The molecule has 216 valence electrons. The summed E-state index contributed by atoms with van der Waals surface area (Å²) in [5.41, 5.74) is 1.70. The molecule has 2 aromatic carbocycles. The van der Waals surface area contributed by atoms with Crippen molar-refractivity contribution < 1.29 is 22.8 Å². The number of carbonyl (C=O) groups excluding carboxylic acids is 3. The number of carbonyl (C=O) groups is 3. The van der Waals surface area contributed by atoms with Crippen LogP contribution in [0.4, 0.5) is 11.4 Å². The number of hydrogen-bond donors (Lipinski definition) is 2. The molecule has 2 aliphatic heterocycles. The topological polar surface area (TPSA) is 116 Å². The summed E-state index contributed by atoms with van der Waals surface area (Å²) in [6, 6.07) is 8.48. The van der Waals surface area contributed by atoms with E-state index in [4.69, 9.17) is 11.6 Å². The van der Waals surface area contributed by atoms with Gasteiger partial charge in [0.15, 0.2) is 0 Å². The van der Waals surface area contributed by atoms with Crippen LogP contribution in [0.2, 0.25) is 5.02 Å². The molecule has 0 aliphatic carbocycles. The van der Waals surface area contributed by atoms with Gasteiger partial charge in [0.25, 0.3) is 10.0 Å². The summed E-state index contributed by atoms with van der Waals surface area (Å²) in [5, 5.41) is 6.08. The van der Waals surface area contributed by atoms with Gasteiger partial charge in [0.05, 0.1) is 22.7 Å². The van der Waals surface area contributed by atoms with Crippen LogP contribution in [0.3, 0.4) is 0 Å². The molecule has 0 spiro atoms. The van der Waals surface area contributed by atoms with Gasteiger partial charge in [0.1, 0.15) is 6.04 Å². The second kappa shape index (κ2) is 12.6. The predicted octanol–water partition coefficient (Wildman–Crippen LogP) is 4.41. The number of nitrogens with one attached hydrogen (secondary N) is 2. The second-order valence-electron chi connectivity index (χ2n) is 10.6. The number of piperidine rings is 1. The first-order valence-corrected chi connectivity index (χ1v) is 15.6. The number of rotatable bonds is 9. The molecule has 2 aliphatic rings. The largest absolute Gasteiger partial charge is 0.356 e. The Bertz CT molecular complexity index is 1390. The number of likely N-dealkylation sites (tertiary alicyclic amines) is 1. The first kappa shape index (κ1) is 29.9. The monoisotopic (exact) mass is 588 g/mol. The number of anilines is 2. The standard InChI is InChI=1S/C29H37ClN4O5S/c1-4-7-28(36)33-14-11-21(12-15-33)10-13-31-27(35)18-25-29(37)32-23-8-5-6-9-24(23)34(25)40(38,39)26-17-19(2)22(30)16-20(26)3/h5-6,8-9,16-17,21,25H,4,7,10-15,18H2,1-3H3,(H,31,35)(H,32,37)/t25-/m1/s1. The van der Waals surface area contributed by atoms with Crippen molar-refractivity contribution in [2.24, 2.45) is 5.92 Å². The van der Waals surface area contributed by atoms with Crippen LogP contribution in [0.1, 0.15) is 56.6 Å². The fraction of sp³-hybridized carbons (Fsp3) is 0.483. The summed E-state index contributed by atoms with van der Waals surface area (Å²) in [5.74, 6) is -0.377. The normalized spacial score (nSPS) is 17.8. The molecular weight excluding hydrogens is 552 g/mol. The fourth-order valence-electron chi connectivity index (χ4n) is 5.38. The van der Waals surface area contributed by atoms with E-state index < -0.39 is 27.9 Å². The number of fused-ring (bicyclic) bond motifs is 1. The zero-order valence-corrected chi connectivity index (χ0v) is 24.8. The Kier molecular flexibility index (Phi) is 9.41. The van der Waals surface area contributed by atoms with E-state index >= 15 is 0 Å². The van der Waals surface area contributed by atoms with Gasteiger partial charge in [-0.2, -0.15) is 0 Å². The van der Waals surface area contributed by atoms with Crippen molar-refractivity contribution in [3.05, 3.63) is 52.5 Å². The van der Waals surface area contributed by atoms with Gasteiger partial charge in [-0.05, 0) is 80.8 Å². The number of sulfonamides is 1. The lowest BCUT2D eigenvalue weighted by Gasteiger charge is -2.37. The van der Waals surface area contributed by atoms with Crippen LogP contribution in [-0.4, -0.2) is 56.7 Å². The molecule has 40 heavy (non-hydrogen) atoms. The third kappa shape index (κ3) is 6.44. The Labute approximate surface area is 241 Å². The summed E-state index contributed by atoms with van der Waals surface area (Å²) in [7, 11) is -4.23. The van der Waals surface area contributed by atoms with Gasteiger partial charge >= 0.3 is 0 Å². The van der Waals surface area contributed by atoms with E-state index in [0.29, 0.717) is 46.4 Å². The smallest absolute Gasteiger partial charge is 0.265 e. The minimum absolute atomic E-state index is 0.0353. The number of benzene rings is 2. The van der Waals surface area contributed by atoms with Gasteiger partial charge < -0.3 is 15.5 Å². The number of halogens is 1. The van der Waals surface area contributed by atoms with Crippen molar-refractivity contribution in [1.82, 2.24) is 10.2 Å². The molecule has 0 bridgehead atoms. The lowest BCUT2D eigenvalue weighted by molar-refractivity contribution is -0.132. The average molecular weight is 589 g/mol. The third-order valence-corrected chi connectivity index (χ3v) is 10.0. The van der Waals surface area contributed by atoms with Crippen LogP contribution >= 0.6 is 11.6 Å². The molecule has 0 radical (unpaired) electrons. The lowest BCUT2D eigenvalue weighted by Crippen LogP contribution is -2.53. The Morgan fingerprint density at radius 1 is 1.10 bits per heavy atom. The molecule has 1 saturated heterocycles. The lowest BCUT2D eigenvalue weighted by atomic mass is 9.93. The number of aryl methyl sites for hydroxylation is 2. The summed E-state index contributed by atoms with van der Waals surface area (Å²) < 4.78 is 29.2. The van der Waals surface area contributed by atoms with E-state index in [-0.39, 0.29) is 17.2 Å². The Morgan fingerprint density at radius 3 is 2.50 bits per heavy atom. The number of amides is 3. The maximum absolute atomic E-state index is 14.1. The first-order valence-electron chi connectivity index (χ1n) is 13.8. The van der Waals surface area contributed by atoms with Gasteiger partial charge in [-0.15, -0.1) is 0 Å². The molecule has 2 N–H and O–H groups in total. The molecule has 9 nitrogen and oxygen atoms in total.